The Morgan fingerprint density at radius 2 is 1.79 bits per heavy atom. The zero-order chi connectivity index (χ0) is 24.9. The zero-order valence-electron chi connectivity index (χ0n) is 19.2. The molecule has 0 aromatic carbocycles. The number of rotatable bonds is 8. The second kappa shape index (κ2) is 11.2. The highest BCUT2D eigenvalue weighted by molar-refractivity contribution is 14.1. The molecule has 1 aromatic heterocycles. The first kappa shape index (κ1) is 27.0. The second-order valence-electron chi connectivity index (χ2n) is 8.31. The van der Waals surface area contributed by atoms with Gasteiger partial charge in [-0.3, -0.25) is 19.5 Å². The quantitative estimate of drug-likeness (QED) is 0.274. The molecular weight excluding hydrogens is 553 g/mol. The molecule has 184 valence electrons. The van der Waals surface area contributed by atoms with E-state index >= 15 is 0 Å². The van der Waals surface area contributed by atoms with E-state index in [0.29, 0.717) is 10.2 Å². The number of esters is 2. The Bertz CT molecular complexity index is 949. The van der Waals surface area contributed by atoms with Crippen molar-refractivity contribution in [2.45, 2.75) is 59.2 Å². The molecule has 1 aromatic rings. The van der Waals surface area contributed by atoms with Gasteiger partial charge in [-0.2, -0.15) is 4.98 Å². The molecule has 1 fully saturated rings. The molecular formula is C20H28IN3O9. The number of ether oxygens (including phenoxy) is 5. The van der Waals surface area contributed by atoms with E-state index in [0.717, 1.165) is 4.57 Å². The maximum Gasteiger partial charge on any atom is 0.412 e. The Morgan fingerprint density at radius 1 is 1.18 bits per heavy atom. The lowest BCUT2D eigenvalue weighted by molar-refractivity contribution is -0.165. The summed E-state index contributed by atoms with van der Waals surface area (Å²) in [6.07, 6.45) is -3.11. The molecule has 1 aliphatic heterocycles. The number of methoxy groups -OCH3 is 1. The van der Waals surface area contributed by atoms with E-state index in [4.69, 9.17) is 23.7 Å². The summed E-state index contributed by atoms with van der Waals surface area (Å²) in [5.74, 6) is -1.22. The number of hydrogen-bond acceptors (Lipinski definition) is 10. The van der Waals surface area contributed by atoms with Crippen LogP contribution in [0.3, 0.4) is 0 Å². The van der Waals surface area contributed by atoms with Gasteiger partial charge in [0.1, 0.15) is 6.61 Å². The fraction of sp³-hybridized carbons (Fsp3) is 0.650. The second-order valence-corrected chi connectivity index (χ2v) is 9.47. The first-order chi connectivity index (χ1) is 15.3. The third kappa shape index (κ3) is 7.37. The van der Waals surface area contributed by atoms with Crippen LogP contribution >= 0.6 is 22.6 Å². The van der Waals surface area contributed by atoms with Crippen molar-refractivity contribution in [1.29, 1.82) is 0 Å². The van der Waals surface area contributed by atoms with Crippen molar-refractivity contribution in [2.75, 3.05) is 25.6 Å². The van der Waals surface area contributed by atoms with Crippen LogP contribution in [0.15, 0.2) is 11.0 Å². The van der Waals surface area contributed by atoms with Crippen molar-refractivity contribution in [3.8, 4) is 0 Å². The van der Waals surface area contributed by atoms with Crippen LogP contribution in [-0.4, -0.2) is 66.2 Å². The van der Waals surface area contributed by atoms with Crippen LogP contribution in [0.1, 0.15) is 40.8 Å². The van der Waals surface area contributed by atoms with Gasteiger partial charge in [-0.05, 0) is 29.5 Å². The molecule has 33 heavy (non-hydrogen) atoms. The van der Waals surface area contributed by atoms with Gasteiger partial charge in [-0.25, -0.2) is 9.59 Å². The zero-order valence-corrected chi connectivity index (χ0v) is 21.4. The van der Waals surface area contributed by atoms with Crippen molar-refractivity contribution in [3.05, 3.63) is 20.3 Å². The average Bonchev–Trinajstić information content (AvgIpc) is 2.97. The Labute approximate surface area is 204 Å². The predicted octanol–water partition coefficient (Wildman–Crippen LogP) is 1.85. The highest BCUT2D eigenvalue weighted by Crippen LogP contribution is 2.33. The first-order valence-corrected chi connectivity index (χ1v) is 11.1. The molecule has 2 rings (SSSR count). The SMILES string of the molecule is COCC(C)(C)COC(=O)Nc1nc(=O)n([C@@H]2O[C@H](C)[C@@H](OC(C)=O)[C@H]2OC(C)=O)cc1I. The predicted molar refractivity (Wildman–Crippen MR) is 123 cm³/mol. The molecule has 0 spiro atoms. The van der Waals surface area contributed by atoms with Gasteiger partial charge in [0.25, 0.3) is 0 Å². The molecule has 0 radical (unpaired) electrons. The minimum atomic E-state index is -1.09. The van der Waals surface area contributed by atoms with Crippen molar-refractivity contribution >= 4 is 46.4 Å². The highest BCUT2D eigenvalue weighted by Gasteiger charge is 2.48. The molecule has 0 bridgehead atoms. The summed E-state index contributed by atoms with van der Waals surface area (Å²) in [6.45, 7) is 8.28. The van der Waals surface area contributed by atoms with E-state index in [1.165, 1.54) is 20.0 Å². The number of anilines is 1. The van der Waals surface area contributed by atoms with Gasteiger partial charge in [0.2, 0.25) is 0 Å². The van der Waals surface area contributed by atoms with Crippen LogP contribution in [0.5, 0.6) is 0 Å². The number of carbonyl (C=O) groups is 3. The molecule has 4 atom stereocenters. The summed E-state index contributed by atoms with van der Waals surface area (Å²) in [5.41, 5.74) is -1.17. The summed E-state index contributed by atoms with van der Waals surface area (Å²) < 4.78 is 28.1. The molecule has 12 nitrogen and oxygen atoms in total. The van der Waals surface area contributed by atoms with E-state index in [9.17, 15) is 19.2 Å². The Balaban J connectivity index is 2.23. The molecule has 1 saturated heterocycles. The number of nitrogens with one attached hydrogen (secondary N) is 1. The monoisotopic (exact) mass is 581 g/mol. The van der Waals surface area contributed by atoms with E-state index in [-0.39, 0.29) is 12.4 Å². The minimum Gasteiger partial charge on any atom is -0.456 e. The number of aromatic nitrogens is 2. The Hall–Kier alpha value is -2.26. The van der Waals surface area contributed by atoms with Crippen LogP contribution < -0.4 is 11.0 Å². The van der Waals surface area contributed by atoms with Gasteiger partial charge in [-0.1, -0.05) is 13.8 Å². The van der Waals surface area contributed by atoms with Crippen LogP contribution in [0.2, 0.25) is 0 Å². The van der Waals surface area contributed by atoms with E-state index in [1.807, 2.05) is 36.4 Å². The number of carbonyl (C=O) groups excluding carboxylic acids is 3. The highest BCUT2D eigenvalue weighted by atomic mass is 127. The first-order valence-electron chi connectivity index (χ1n) is 10.1. The van der Waals surface area contributed by atoms with Crippen molar-refractivity contribution in [2.24, 2.45) is 5.41 Å². The number of amides is 1. The van der Waals surface area contributed by atoms with E-state index in [1.54, 1.807) is 14.0 Å². The van der Waals surface area contributed by atoms with Crippen molar-refractivity contribution in [1.82, 2.24) is 9.55 Å². The minimum absolute atomic E-state index is 0.00184. The van der Waals surface area contributed by atoms with Gasteiger partial charge in [0, 0.05) is 32.6 Å². The van der Waals surface area contributed by atoms with Gasteiger partial charge >= 0.3 is 23.7 Å². The standard InChI is InChI=1S/C20H28IN3O9/c1-10-14(32-11(2)25)15(33-12(3)26)17(31-10)24-7-13(21)16(22-18(24)27)23-19(28)30-9-20(4,5)8-29-6/h7,10,14-15,17H,8-9H2,1-6H3,(H,22,23,27,28)/t10-,14-,15-,17-/m1/s1. The van der Waals surface area contributed by atoms with Gasteiger partial charge < -0.3 is 23.7 Å². The summed E-state index contributed by atoms with van der Waals surface area (Å²) in [4.78, 5) is 51.9. The maximum atomic E-state index is 12.7. The molecule has 1 N–H and O–H groups in total. The number of hydrogen-bond donors (Lipinski definition) is 1. The number of halogens is 1. The lowest BCUT2D eigenvalue weighted by Gasteiger charge is -2.24. The molecule has 0 unspecified atom stereocenters. The number of nitrogens with zero attached hydrogens (tertiary/aromatic N) is 2. The summed E-state index contributed by atoms with van der Waals surface area (Å²) in [5, 5.41) is 2.44. The lowest BCUT2D eigenvalue weighted by atomic mass is 9.96. The maximum absolute atomic E-state index is 12.7. The Kier molecular flexibility index (Phi) is 9.20. The van der Waals surface area contributed by atoms with Crippen LogP contribution in [0.4, 0.5) is 10.6 Å². The fourth-order valence-electron chi connectivity index (χ4n) is 3.24. The molecule has 1 amide bonds. The Morgan fingerprint density at radius 3 is 2.36 bits per heavy atom. The van der Waals surface area contributed by atoms with Crippen LogP contribution in [0, 0.1) is 8.99 Å². The summed E-state index contributed by atoms with van der Waals surface area (Å²) in [7, 11) is 1.55. The average molecular weight is 581 g/mol. The lowest BCUT2D eigenvalue weighted by Crippen LogP contribution is -2.40. The molecule has 2 heterocycles. The smallest absolute Gasteiger partial charge is 0.412 e. The van der Waals surface area contributed by atoms with Crippen molar-refractivity contribution < 1.29 is 38.1 Å². The van der Waals surface area contributed by atoms with Crippen LogP contribution in [-0.2, 0) is 33.3 Å². The summed E-state index contributed by atoms with van der Waals surface area (Å²) >= 11 is 1.88. The fourth-order valence-corrected chi connectivity index (χ4v) is 3.80. The van der Waals surface area contributed by atoms with Crippen molar-refractivity contribution in [3.63, 3.8) is 0 Å². The van der Waals surface area contributed by atoms with E-state index in [2.05, 4.69) is 10.3 Å². The normalized spacial score (nSPS) is 22.5. The van der Waals surface area contributed by atoms with Crippen LogP contribution in [0.25, 0.3) is 0 Å². The molecule has 0 aliphatic carbocycles. The molecule has 13 heteroatoms. The van der Waals surface area contributed by atoms with Gasteiger partial charge in [-0.15, -0.1) is 0 Å². The molecule has 1 aliphatic rings. The third-order valence-electron chi connectivity index (χ3n) is 4.56. The van der Waals surface area contributed by atoms with E-state index < -0.39 is 53.7 Å². The topological polar surface area (TPSA) is 144 Å². The van der Waals surface area contributed by atoms with Gasteiger partial charge in [0.05, 0.1) is 16.3 Å². The summed E-state index contributed by atoms with van der Waals surface area (Å²) in [6, 6.07) is 0. The molecule has 0 saturated carbocycles. The third-order valence-corrected chi connectivity index (χ3v) is 5.35. The largest absolute Gasteiger partial charge is 0.456 e. The van der Waals surface area contributed by atoms with Gasteiger partial charge in [0.15, 0.2) is 24.3 Å².